The molecule has 0 atom stereocenters. The third-order valence-electron chi connectivity index (χ3n) is 4.00. The number of hydrogen-bond donors (Lipinski definition) is 3. The molecule has 0 saturated heterocycles. The Morgan fingerprint density at radius 3 is 2.28 bits per heavy atom. The number of methoxy groups -OCH3 is 3. The number of ether oxygens (including phenoxy) is 3. The lowest BCUT2D eigenvalue weighted by Crippen LogP contribution is -2.05. The van der Waals surface area contributed by atoms with E-state index in [0.29, 0.717) is 40.4 Å². The first-order valence-corrected chi connectivity index (χ1v) is 8.55. The van der Waals surface area contributed by atoms with Gasteiger partial charge in [0, 0.05) is 24.0 Å². The molecule has 3 aromatic rings. The monoisotopic (exact) mass is 396 g/mol. The van der Waals surface area contributed by atoms with Crippen molar-refractivity contribution in [3.8, 4) is 17.2 Å². The lowest BCUT2D eigenvalue weighted by molar-refractivity contribution is 0.0698. The zero-order chi connectivity index (χ0) is 20.8. The van der Waals surface area contributed by atoms with Crippen molar-refractivity contribution in [1.82, 2.24) is 9.97 Å². The number of anilines is 4. The Morgan fingerprint density at radius 1 is 0.966 bits per heavy atom. The van der Waals surface area contributed by atoms with Gasteiger partial charge in [-0.2, -0.15) is 4.98 Å². The molecule has 0 radical (unpaired) electrons. The molecule has 9 heteroatoms. The normalized spacial score (nSPS) is 10.2. The van der Waals surface area contributed by atoms with Gasteiger partial charge < -0.3 is 30.0 Å². The van der Waals surface area contributed by atoms with Crippen molar-refractivity contribution in [2.45, 2.75) is 0 Å². The molecule has 0 bridgehead atoms. The number of carboxylic acids is 1. The average molecular weight is 396 g/mol. The van der Waals surface area contributed by atoms with Crippen LogP contribution in [0.4, 0.5) is 23.1 Å². The van der Waals surface area contributed by atoms with E-state index in [2.05, 4.69) is 20.6 Å². The maximum Gasteiger partial charge on any atom is 0.337 e. The van der Waals surface area contributed by atoms with E-state index >= 15 is 0 Å². The SMILES string of the molecule is COc1cc(Nc2nccc(Nc3ccccc3C(=O)O)n2)cc(OC)c1OC. The van der Waals surface area contributed by atoms with Gasteiger partial charge in [0.25, 0.3) is 0 Å². The highest BCUT2D eigenvalue weighted by Gasteiger charge is 2.14. The van der Waals surface area contributed by atoms with Crippen LogP contribution in [0, 0.1) is 0 Å². The summed E-state index contributed by atoms with van der Waals surface area (Å²) in [5.41, 5.74) is 1.20. The van der Waals surface area contributed by atoms with Crippen LogP contribution in [0.2, 0.25) is 0 Å². The molecule has 1 heterocycles. The van der Waals surface area contributed by atoms with Crippen molar-refractivity contribution in [2.75, 3.05) is 32.0 Å². The topological polar surface area (TPSA) is 115 Å². The number of benzene rings is 2. The molecule has 0 saturated carbocycles. The number of carbonyl (C=O) groups is 1. The minimum Gasteiger partial charge on any atom is -0.493 e. The molecule has 1 aromatic heterocycles. The molecule has 0 aliphatic rings. The van der Waals surface area contributed by atoms with E-state index in [1.807, 2.05) is 0 Å². The molecule has 9 nitrogen and oxygen atoms in total. The predicted octanol–water partition coefficient (Wildman–Crippen LogP) is 3.69. The van der Waals surface area contributed by atoms with Crippen LogP contribution in [-0.4, -0.2) is 42.4 Å². The second-order valence-corrected chi connectivity index (χ2v) is 5.78. The molecule has 0 spiro atoms. The maximum atomic E-state index is 11.4. The summed E-state index contributed by atoms with van der Waals surface area (Å²) in [7, 11) is 4.59. The fourth-order valence-corrected chi connectivity index (χ4v) is 2.69. The molecule has 0 amide bonds. The van der Waals surface area contributed by atoms with Gasteiger partial charge in [-0.25, -0.2) is 9.78 Å². The Kier molecular flexibility index (Phi) is 5.98. The zero-order valence-electron chi connectivity index (χ0n) is 16.1. The van der Waals surface area contributed by atoms with Crippen LogP contribution in [0.15, 0.2) is 48.7 Å². The van der Waals surface area contributed by atoms with Crippen molar-refractivity contribution in [2.24, 2.45) is 0 Å². The van der Waals surface area contributed by atoms with Crippen molar-refractivity contribution in [1.29, 1.82) is 0 Å². The van der Waals surface area contributed by atoms with Gasteiger partial charge in [0.2, 0.25) is 11.7 Å². The number of rotatable bonds is 8. The van der Waals surface area contributed by atoms with Crippen molar-refractivity contribution in [3.63, 3.8) is 0 Å². The highest BCUT2D eigenvalue weighted by atomic mass is 16.5. The fraction of sp³-hybridized carbons (Fsp3) is 0.150. The minimum absolute atomic E-state index is 0.144. The molecule has 3 rings (SSSR count). The molecule has 150 valence electrons. The van der Waals surface area contributed by atoms with E-state index in [1.165, 1.54) is 27.4 Å². The van der Waals surface area contributed by atoms with Gasteiger partial charge in [-0.1, -0.05) is 12.1 Å². The van der Waals surface area contributed by atoms with Gasteiger partial charge in [0.05, 0.1) is 32.6 Å². The molecule has 2 aromatic carbocycles. The summed E-state index contributed by atoms with van der Waals surface area (Å²) >= 11 is 0. The molecule has 0 aliphatic carbocycles. The van der Waals surface area contributed by atoms with Crippen molar-refractivity contribution < 1.29 is 24.1 Å². The summed E-state index contributed by atoms with van der Waals surface area (Å²) in [4.78, 5) is 19.9. The quantitative estimate of drug-likeness (QED) is 0.524. The third kappa shape index (κ3) is 4.46. The number of aromatic nitrogens is 2. The third-order valence-corrected chi connectivity index (χ3v) is 4.00. The number of nitrogens with one attached hydrogen (secondary N) is 2. The van der Waals surface area contributed by atoms with Gasteiger partial charge in [-0.05, 0) is 18.2 Å². The smallest absolute Gasteiger partial charge is 0.337 e. The number of aromatic carboxylic acids is 1. The number of nitrogens with zero attached hydrogens (tertiary/aromatic N) is 2. The van der Waals surface area contributed by atoms with Gasteiger partial charge in [-0.3, -0.25) is 0 Å². The predicted molar refractivity (Wildman–Crippen MR) is 108 cm³/mol. The lowest BCUT2D eigenvalue weighted by Gasteiger charge is -2.15. The van der Waals surface area contributed by atoms with Gasteiger partial charge in [-0.15, -0.1) is 0 Å². The second-order valence-electron chi connectivity index (χ2n) is 5.78. The summed E-state index contributed by atoms with van der Waals surface area (Å²) in [6, 6.07) is 11.7. The Labute approximate surface area is 167 Å². The molecular formula is C20H20N4O5. The van der Waals surface area contributed by atoms with Crippen LogP contribution in [0.1, 0.15) is 10.4 Å². The number of hydrogen-bond acceptors (Lipinski definition) is 8. The summed E-state index contributed by atoms with van der Waals surface area (Å²) < 4.78 is 16.0. The summed E-state index contributed by atoms with van der Waals surface area (Å²) in [6.45, 7) is 0. The number of carboxylic acid groups (broad SMARTS) is 1. The maximum absolute atomic E-state index is 11.4. The van der Waals surface area contributed by atoms with E-state index in [0.717, 1.165) is 0 Å². The zero-order valence-corrected chi connectivity index (χ0v) is 16.1. The van der Waals surface area contributed by atoms with Crippen LogP contribution < -0.4 is 24.8 Å². The summed E-state index contributed by atoms with van der Waals surface area (Å²) in [6.07, 6.45) is 1.55. The van der Waals surface area contributed by atoms with E-state index in [4.69, 9.17) is 14.2 Å². The minimum atomic E-state index is -1.03. The average Bonchev–Trinajstić information content (AvgIpc) is 2.73. The fourth-order valence-electron chi connectivity index (χ4n) is 2.69. The first-order chi connectivity index (χ1) is 14.0. The molecular weight excluding hydrogens is 376 g/mol. The van der Waals surface area contributed by atoms with Gasteiger partial charge in [0.15, 0.2) is 11.5 Å². The van der Waals surface area contributed by atoms with Crippen molar-refractivity contribution >= 4 is 29.1 Å². The Balaban J connectivity index is 1.87. The van der Waals surface area contributed by atoms with E-state index in [1.54, 1.807) is 42.6 Å². The largest absolute Gasteiger partial charge is 0.493 e. The molecule has 0 unspecified atom stereocenters. The van der Waals surface area contributed by atoms with Crippen LogP contribution in [0.5, 0.6) is 17.2 Å². The number of para-hydroxylation sites is 1. The summed E-state index contributed by atoms with van der Waals surface area (Å²) in [5, 5.41) is 15.4. The molecule has 0 fully saturated rings. The van der Waals surface area contributed by atoms with Gasteiger partial charge >= 0.3 is 5.97 Å². The second kappa shape index (κ2) is 8.79. The Morgan fingerprint density at radius 2 is 1.66 bits per heavy atom. The van der Waals surface area contributed by atoms with Gasteiger partial charge in [0.1, 0.15) is 5.82 Å². The highest BCUT2D eigenvalue weighted by Crippen LogP contribution is 2.40. The van der Waals surface area contributed by atoms with E-state index in [9.17, 15) is 9.90 Å². The van der Waals surface area contributed by atoms with Crippen molar-refractivity contribution in [3.05, 3.63) is 54.2 Å². The Hall–Kier alpha value is -4.01. The highest BCUT2D eigenvalue weighted by molar-refractivity contribution is 5.95. The Bertz CT molecular complexity index is 1000. The van der Waals surface area contributed by atoms with Crippen LogP contribution in [-0.2, 0) is 0 Å². The molecule has 0 aliphatic heterocycles. The van der Waals surface area contributed by atoms with E-state index < -0.39 is 5.97 Å². The molecule has 29 heavy (non-hydrogen) atoms. The lowest BCUT2D eigenvalue weighted by atomic mass is 10.2. The molecule has 3 N–H and O–H groups in total. The van der Waals surface area contributed by atoms with E-state index in [-0.39, 0.29) is 5.56 Å². The first-order valence-electron chi connectivity index (χ1n) is 8.55. The van der Waals surface area contributed by atoms with Crippen LogP contribution in [0.25, 0.3) is 0 Å². The summed E-state index contributed by atoms with van der Waals surface area (Å²) in [5.74, 6) is 1.15. The van der Waals surface area contributed by atoms with Crippen LogP contribution >= 0.6 is 0 Å². The van der Waals surface area contributed by atoms with Crippen LogP contribution in [0.3, 0.4) is 0 Å². The first kappa shape index (κ1) is 19.7. The standard InChI is InChI=1S/C20H20N4O5/c1-27-15-10-12(11-16(28-2)18(15)29-3)22-20-21-9-8-17(24-20)23-14-7-5-4-6-13(14)19(25)26/h4-11H,1-3H3,(H,25,26)(H2,21,22,23,24).